The summed E-state index contributed by atoms with van der Waals surface area (Å²) >= 11 is 7.23. The number of rotatable bonds is 2. The number of thiophene rings is 1. The van der Waals surface area contributed by atoms with Gasteiger partial charge in [0.15, 0.2) is 5.11 Å². The van der Waals surface area contributed by atoms with Gasteiger partial charge in [-0.3, -0.25) is 0 Å². The Kier molecular flexibility index (Phi) is 5.54. The maximum atomic E-state index is 12.4. The summed E-state index contributed by atoms with van der Waals surface area (Å²) in [6.07, 6.45) is 9.26. The Morgan fingerprint density at radius 1 is 1.13 bits per heavy atom. The van der Waals surface area contributed by atoms with Gasteiger partial charge in [-0.05, 0) is 56.3 Å². The lowest BCUT2D eigenvalue weighted by atomic mass is 9.96. The van der Waals surface area contributed by atoms with E-state index in [2.05, 4.69) is 10.2 Å². The summed E-state index contributed by atoms with van der Waals surface area (Å²) < 4.78 is 5.05. The molecule has 1 aliphatic heterocycles. The van der Waals surface area contributed by atoms with Crippen molar-refractivity contribution in [2.75, 3.05) is 25.5 Å². The second kappa shape index (κ2) is 7.62. The number of fused-ring (bicyclic) bond motifs is 1. The molecule has 2 aliphatic rings. The van der Waals surface area contributed by atoms with Crippen LogP contribution in [0.15, 0.2) is 0 Å². The van der Waals surface area contributed by atoms with Gasteiger partial charge in [0, 0.05) is 18.0 Å². The fraction of sp³-hybridized carbons (Fsp3) is 0.647. The molecule has 1 fully saturated rings. The van der Waals surface area contributed by atoms with Gasteiger partial charge < -0.3 is 15.0 Å². The van der Waals surface area contributed by atoms with Crippen LogP contribution in [0, 0.1) is 0 Å². The summed E-state index contributed by atoms with van der Waals surface area (Å²) in [5.41, 5.74) is 1.91. The zero-order valence-electron chi connectivity index (χ0n) is 13.7. The summed E-state index contributed by atoms with van der Waals surface area (Å²) in [4.78, 5) is 15.9. The molecular weight excluding hydrogens is 328 g/mol. The van der Waals surface area contributed by atoms with E-state index in [9.17, 15) is 4.79 Å². The minimum Gasteiger partial charge on any atom is -0.465 e. The van der Waals surface area contributed by atoms with E-state index in [1.54, 1.807) is 11.3 Å². The number of anilines is 1. The van der Waals surface area contributed by atoms with Gasteiger partial charge >= 0.3 is 5.97 Å². The number of likely N-dealkylation sites (tertiary alicyclic amines) is 1. The molecule has 0 aromatic carbocycles. The molecule has 0 atom stereocenters. The van der Waals surface area contributed by atoms with E-state index in [0.717, 1.165) is 48.0 Å². The summed E-state index contributed by atoms with van der Waals surface area (Å²) in [6, 6.07) is 0. The highest BCUT2D eigenvalue weighted by atomic mass is 32.1. The molecule has 4 nitrogen and oxygen atoms in total. The van der Waals surface area contributed by atoms with E-state index in [1.807, 2.05) is 0 Å². The van der Waals surface area contributed by atoms with E-state index < -0.39 is 0 Å². The van der Waals surface area contributed by atoms with Crippen molar-refractivity contribution in [3.8, 4) is 0 Å². The molecule has 0 bridgehead atoms. The third-order valence-electron chi connectivity index (χ3n) is 4.67. The minimum absolute atomic E-state index is 0.241. The molecule has 23 heavy (non-hydrogen) atoms. The highest BCUT2D eigenvalue weighted by molar-refractivity contribution is 7.80. The van der Waals surface area contributed by atoms with Crippen molar-refractivity contribution < 1.29 is 9.53 Å². The molecule has 3 rings (SSSR count). The zero-order chi connectivity index (χ0) is 16.2. The second-order valence-corrected chi connectivity index (χ2v) is 7.73. The third-order valence-corrected chi connectivity index (χ3v) is 6.24. The van der Waals surface area contributed by atoms with Crippen LogP contribution in [-0.2, 0) is 17.6 Å². The van der Waals surface area contributed by atoms with Crippen LogP contribution >= 0.6 is 23.6 Å². The predicted octanol–water partition coefficient (Wildman–Crippen LogP) is 3.99. The van der Waals surface area contributed by atoms with Crippen molar-refractivity contribution in [1.82, 2.24) is 4.90 Å². The van der Waals surface area contributed by atoms with Crippen molar-refractivity contribution in [3.63, 3.8) is 0 Å². The van der Waals surface area contributed by atoms with Gasteiger partial charge in [-0.15, -0.1) is 11.3 Å². The number of carbonyl (C=O) groups is 1. The van der Waals surface area contributed by atoms with Crippen LogP contribution in [-0.4, -0.2) is 36.2 Å². The summed E-state index contributed by atoms with van der Waals surface area (Å²) in [7, 11) is 1.46. The van der Waals surface area contributed by atoms with Crippen molar-refractivity contribution in [2.24, 2.45) is 0 Å². The normalized spacial score (nSPS) is 18.0. The molecule has 2 heterocycles. The molecule has 126 valence electrons. The van der Waals surface area contributed by atoms with Crippen molar-refractivity contribution in [3.05, 3.63) is 16.0 Å². The number of ether oxygens (including phenoxy) is 1. The Labute approximate surface area is 147 Å². The van der Waals surface area contributed by atoms with Crippen molar-refractivity contribution >= 4 is 39.6 Å². The fourth-order valence-electron chi connectivity index (χ4n) is 3.42. The van der Waals surface area contributed by atoms with Crippen LogP contribution in [0.4, 0.5) is 5.00 Å². The van der Waals surface area contributed by atoms with Crippen LogP contribution in [0.5, 0.6) is 0 Å². The maximum absolute atomic E-state index is 12.4. The molecule has 6 heteroatoms. The predicted molar refractivity (Wildman–Crippen MR) is 98.6 cm³/mol. The molecule has 1 aliphatic carbocycles. The van der Waals surface area contributed by atoms with Crippen LogP contribution in [0.3, 0.4) is 0 Å². The number of carbonyl (C=O) groups excluding carboxylic acids is 1. The molecule has 0 amide bonds. The maximum Gasteiger partial charge on any atom is 0.341 e. The van der Waals surface area contributed by atoms with Gasteiger partial charge in [0.25, 0.3) is 0 Å². The van der Waals surface area contributed by atoms with Gasteiger partial charge in [0.2, 0.25) is 0 Å². The van der Waals surface area contributed by atoms with Crippen molar-refractivity contribution in [1.29, 1.82) is 0 Å². The highest BCUT2D eigenvalue weighted by Crippen LogP contribution is 2.37. The Bertz CT molecular complexity index is 592. The molecule has 0 saturated carbocycles. The first-order chi connectivity index (χ1) is 11.2. The van der Waals surface area contributed by atoms with E-state index in [4.69, 9.17) is 17.0 Å². The first-order valence-corrected chi connectivity index (χ1v) is 9.72. The quantitative estimate of drug-likeness (QED) is 0.644. The number of hydrogen-bond acceptors (Lipinski definition) is 4. The molecule has 1 aromatic heterocycles. The topological polar surface area (TPSA) is 41.6 Å². The van der Waals surface area contributed by atoms with Crippen LogP contribution in [0.1, 0.15) is 59.3 Å². The van der Waals surface area contributed by atoms with E-state index in [1.165, 1.54) is 49.7 Å². The van der Waals surface area contributed by atoms with Gasteiger partial charge in [-0.1, -0.05) is 12.8 Å². The summed E-state index contributed by atoms with van der Waals surface area (Å²) in [6.45, 7) is 2.01. The van der Waals surface area contributed by atoms with E-state index in [-0.39, 0.29) is 5.97 Å². The number of methoxy groups -OCH3 is 1. The second-order valence-electron chi connectivity index (χ2n) is 6.24. The third kappa shape index (κ3) is 3.69. The Morgan fingerprint density at radius 3 is 2.52 bits per heavy atom. The monoisotopic (exact) mass is 352 g/mol. The average molecular weight is 353 g/mol. The Hall–Kier alpha value is -1.14. The van der Waals surface area contributed by atoms with Gasteiger partial charge in [-0.25, -0.2) is 4.79 Å². The highest BCUT2D eigenvalue weighted by Gasteiger charge is 2.26. The first-order valence-electron chi connectivity index (χ1n) is 8.49. The molecular formula is C17H24N2O2S2. The largest absolute Gasteiger partial charge is 0.465 e. The standard InChI is InChI=1S/C17H24N2O2S2/c1-21-16(20)14-12-8-4-2-3-5-9-13(12)23-15(14)18-17(22)19-10-6-7-11-19/h2-11H2,1H3,(H,18,22). The first kappa shape index (κ1) is 16.7. The van der Waals surface area contributed by atoms with Crippen LogP contribution < -0.4 is 5.32 Å². The molecule has 1 saturated heterocycles. The number of nitrogens with one attached hydrogen (secondary N) is 1. The van der Waals surface area contributed by atoms with Crippen molar-refractivity contribution in [2.45, 2.75) is 51.4 Å². The van der Waals surface area contributed by atoms with E-state index >= 15 is 0 Å². The SMILES string of the molecule is COC(=O)c1c(NC(=S)N2CCCC2)sc2c1CCCCCC2. The number of esters is 1. The molecule has 1 N–H and O–H groups in total. The Balaban J connectivity index is 1.89. The number of aryl methyl sites for hydroxylation is 1. The fourth-order valence-corrected chi connectivity index (χ4v) is 5.05. The molecule has 0 spiro atoms. The molecule has 0 radical (unpaired) electrons. The van der Waals surface area contributed by atoms with Crippen LogP contribution in [0.25, 0.3) is 0 Å². The lowest BCUT2D eigenvalue weighted by Crippen LogP contribution is -2.32. The summed E-state index contributed by atoms with van der Waals surface area (Å²) in [5.74, 6) is -0.241. The summed E-state index contributed by atoms with van der Waals surface area (Å²) in [5, 5.41) is 4.95. The zero-order valence-corrected chi connectivity index (χ0v) is 15.3. The number of hydrogen-bond donors (Lipinski definition) is 1. The number of nitrogens with zero attached hydrogens (tertiary/aromatic N) is 1. The van der Waals surface area contributed by atoms with Gasteiger partial charge in [0.1, 0.15) is 5.00 Å². The average Bonchev–Trinajstić information content (AvgIpc) is 3.15. The lowest BCUT2D eigenvalue weighted by molar-refractivity contribution is 0.0601. The lowest BCUT2D eigenvalue weighted by Gasteiger charge is -2.19. The smallest absolute Gasteiger partial charge is 0.341 e. The number of thiocarbonyl (C=S) groups is 1. The minimum atomic E-state index is -0.241. The molecule has 1 aromatic rings. The van der Waals surface area contributed by atoms with Gasteiger partial charge in [0.05, 0.1) is 12.7 Å². The molecule has 0 unspecified atom stereocenters. The van der Waals surface area contributed by atoms with Crippen LogP contribution in [0.2, 0.25) is 0 Å². The van der Waals surface area contributed by atoms with Gasteiger partial charge in [-0.2, -0.15) is 0 Å². The Morgan fingerprint density at radius 2 is 1.83 bits per heavy atom. The van der Waals surface area contributed by atoms with E-state index in [0.29, 0.717) is 0 Å².